The first-order chi connectivity index (χ1) is 5.42. The Morgan fingerprint density at radius 3 is 2.64 bits per heavy atom. The molecule has 2 rings (SSSR count). The van der Waals surface area contributed by atoms with Crippen molar-refractivity contribution in [1.82, 2.24) is 5.32 Å². The highest BCUT2D eigenvalue weighted by atomic mass is 19.1. The second-order valence-corrected chi connectivity index (χ2v) is 3.93. The van der Waals surface area contributed by atoms with Gasteiger partial charge in [-0.3, -0.25) is 4.39 Å². The molecular weight excluding hydrogens is 141 g/mol. The van der Waals surface area contributed by atoms with Crippen molar-refractivity contribution in [2.24, 2.45) is 17.8 Å². The number of nitrogens with one attached hydrogen (secondary N) is 1. The fourth-order valence-corrected chi connectivity index (χ4v) is 2.34. The Morgan fingerprint density at radius 1 is 1.27 bits per heavy atom. The van der Waals surface area contributed by atoms with Crippen molar-refractivity contribution in [2.75, 3.05) is 19.8 Å². The number of hydrogen-bond donors (Lipinski definition) is 1. The Kier molecular flexibility index (Phi) is 2.12. The molecule has 0 aromatic carbocycles. The summed E-state index contributed by atoms with van der Waals surface area (Å²) in [5, 5.41) is 3.28. The van der Waals surface area contributed by atoms with Crippen molar-refractivity contribution in [3.63, 3.8) is 0 Å². The van der Waals surface area contributed by atoms with Gasteiger partial charge < -0.3 is 5.32 Å². The van der Waals surface area contributed by atoms with Gasteiger partial charge in [0.05, 0.1) is 6.67 Å². The van der Waals surface area contributed by atoms with E-state index in [-0.39, 0.29) is 6.67 Å². The summed E-state index contributed by atoms with van der Waals surface area (Å²) >= 11 is 0. The maximum Gasteiger partial charge on any atom is 0.0937 e. The van der Waals surface area contributed by atoms with Gasteiger partial charge in [-0.05, 0) is 18.4 Å². The van der Waals surface area contributed by atoms with E-state index in [2.05, 4.69) is 5.32 Å². The number of halogens is 1. The molecule has 0 aromatic heterocycles. The van der Waals surface area contributed by atoms with E-state index in [9.17, 15) is 4.39 Å². The van der Waals surface area contributed by atoms with Gasteiger partial charge in [-0.25, -0.2) is 0 Å². The third-order valence-electron chi connectivity index (χ3n) is 3.35. The van der Waals surface area contributed by atoms with E-state index >= 15 is 0 Å². The van der Waals surface area contributed by atoms with Crippen LogP contribution in [0.5, 0.6) is 0 Å². The molecule has 1 nitrogen and oxygen atoms in total. The fourth-order valence-electron chi connectivity index (χ4n) is 2.34. The lowest BCUT2D eigenvalue weighted by Crippen LogP contribution is -2.28. The zero-order valence-electron chi connectivity index (χ0n) is 6.85. The SMILES string of the molecule is FCC1CNCC1C1CCC1. The lowest BCUT2D eigenvalue weighted by Gasteiger charge is -2.33. The van der Waals surface area contributed by atoms with Crippen LogP contribution in [0.3, 0.4) is 0 Å². The molecule has 2 heteroatoms. The first-order valence-corrected chi connectivity index (χ1v) is 4.68. The Balaban J connectivity index is 1.89. The predicted octanol–water partition coefficient (Wildman–Crippen LogP) is 1.59. The molecule has 1 saturated carbocycles. The van der Waals surface area contributed by atoms with E-state index in [1.54, 1.807) is 0 Å². The summed E-state index contributed by atoms with van der Waals surface area (Å²) in [4.78, 5) is 0. The summed E-state index contributed by atoms with van der Waals surface area (Å²) in [6.45, 7) is 1.87. The lowest BCUT2D eigenvalue weighted by molar-refractivity contribution is 0.161. The van der Waals surface area contributed by atoms with Gasteiger partial charge >= 0.3 is 0 Å². The molecule has 1 N–H and O–H groups in total. The molecule has 11 heavy (non-hydrogen) atoms. The minimum atomic E-state index is -0.117. The van der Waals surface area contributed by atoms with E-state index in [1.807, 2.05) is 0 Å². The Hall–Kier alpha value is -0.110. The average Bonchev–Trinajstić information content (AvgIpc) is 2.32. The average molecular weight is 157 g/mol. The summed E-state index contributed by atoms with van der Waals surface area (Å²) in [6.07, 6.45) is 4.08. The molecular formula is C9H16FN. The van der Waals surface area contributed by atoms with Gasteiger partial charge in [-0.1, -0.05) is 19.3 Å². The minimum absolute atomic E-state index is 0.117. The van der Waals surface area contributed by atoms with E-state index in [1.165, 1.54) is 19.3 Å². The molecule has 64 valence electrons. The third kappa shape index (κ3) is 1.28. The molecule has 2 fully saturated rings. The molecule has 0 spiro atoms. The quantitative estimate of drug-likeness (QED) is 0.642. The molecule has 2 atom stereocenters. The number of alkyl halides is 1. The first-order valence-electron chi connectivity index (χ1n) is 4.68. The maximum atomic E-state index is 12.4. The summed E-state index contributed by atoms with van der Waals surface area (Å²) in [5.74, 6) is 1.85. The van der Waals surface area contributed by atoms with E-state index < -0.39 is 0 Å². The van der Waals surface area contributed by atoms with Gasteiger partial charge in [0.1, 0.15) is 0 Å². The standard InChI is InChI=1S/C9H16FN/c10-4-8-5-11-6-9(8)7-2-1-3-7/h7-9,11H,1-6H2. The van der Waals surface area contributed by atoms with Crippen molar-refractivity contribution in [2.45, 2.75) is 19.3 Å². The summed E-state index contributed by atoms with van der Waals surface area (Å²) in [6, 6.07) is 0. The molecule has 0 aromatic rings. The highest BCUT2D eigenvalue weighted by molar-refractivity contribution is 4.88. The molecule has 1 heterocycles. The second kappa shape index (κ2) is 3.10. The van der Waals surface area contributed by atoms with Crippen LogP contribution in [-0.4, -0.2) is 19.8 Å². The van der Waals surface area contributed by atoms with Crippen LogP contribution in [0, 0.1) is 17.8 Å². The molecule has 1 saturated heterocycles. The zero-order chi connectivity index (χ0) is 7.68. The Morgan fingerprint density at radius 2 is 2.09 bits per heavy atom. The molecule has 0 radical (unpaired) electrons. The van der Waals surface area contributed by atoms with Gasteiger partial charge in [-0.2, -0.15) is 0 Å². The first kappa shape index (κ1) is 7.53. The van der Waals surface area contributed by atoms with Crippen LogP contribution in [0.15, 0.2) is 0 Å². The van der Waals surface area contributed by atoms with E-state index in [0.29, 0.717) is 11.8 Å². The molecule has 2 unspecified atom stereocenters. The van der Waals surface area contributed by atoms with Crippen LogP contribution in [0.1, 0.15) is 19.3 Å². The molecule has 0 bridgehead atoms. The number of hydrogen-bond acceptors (Lipinski definition) is 1. The molecule has 1 aliphatic carbocycles. The molecule has 1 aliphatic heterocycles. The van der Waals surface area contributed by atoms with Gasteiger partial charge in [0.2, 0.25) is 0 Å². The van der Waals surface area contributed by atoms with Crippen molar-refractivity contribution < 1.29 is 4.39 Å². The van der Waals surface area contributed by atoms with Crippen LogP contribution < -0.4 is 5.32 Å². The Bertz CT molecular complexity index is 134. The highest BCUT2D eigenvalue weighted by Crippen LogP contribution is 2.38. The van der Waals surface area contributed by atoms with E-state index in [0.717, 1.165) is 19.0 Å². The van der Waals surface area contributed by atoms with Gasteiger partial charge in [0.25, 0.3) is 0 Å². The van der Waals surface area contributed by atoms with Gasteiger partial charge in [0, 0.05) is 12.5 Å². The third-order valence-corrected chi connectivity index (χ3v) is 3.35. The van der Waals surface area contributed by atoms with Crippen LogP contribution in [0.4, 0.5) is 4.39 Å². The largest absolute Gasteiger partial charge is 0.316 e. The number of rotatable bonds is 2. The smallest absolute Gasteiger partial charge is 0.0937 e. The molecule has 2 aliphatic rings. The topological polar surface area (TPSA) is 12.0 Å². The zero-order valence-corrected chi connectivity index (χ0v) is 6.85. The highest BCUT2D eigenvalue weighted by Gasteiger charge is 2.36. The molecule has 0 amide bonds. The van der Waals surface area contributed by atoms with Crippen molar-refractivity contribution >= 4 is 0 Å². The van der Waals surface area contributed by atoms with Crippen molar-refractivity contribution in [3.05, 3.63) is 0 Å². The summed E-state index contributed by atoms with van der Waals surface area (Å²) < 4.78 is 12.4. The minimum Gasteiger partial charge on any atom is -0.316 e. The summed E-state index contributed by atoms with van der Waals surface area (Å²) in [7, 11) is 0. The fraction of sp³-hybridized carbons (Fsp3) is 1.00. The normalized spacial score (nSPS) is 39.0. The van der Waals surface area contributed by atoms with Crippen molar-refractivity contribution in [3.8, 4) is 0 Å². The summed E-state index contributed by atoms with van der Waals surface area (Å²) in [5.41, 5.74) is 0. The lowest BCUT2D eigenvalue weighted by atomic mass is 9.72. The van der Waals surface area contributed by atoms with Crippen LogP contribution in [-0.2, 0) is 0 Å². The van der Waals surface area contributed by atoms with E-state index in [4.69, 9.17) is 0 Å². The monoisotopic (exact) mass is 157 g/mol. The van der Waals surface area contributed by atoms with Crippen LogP contribution >= 0.6 is 0 Å². The maximum absolute atomic E-state index is 12.4. The Labute approximate surface area is 67.4 Å². The van der Waals surface area contributed by atoms with Crippen molar-refractivity contribution in [1.29, 1.82) is 0 Å². The predicted molar refractivity (Wildman–Crippen MR) is 43.2 cm³/mol. The van der Waals surface area contributed by atoms with Crippen LogP contribution in [0.25, 0.3) is 0 Å². The second-order valence-electron chi connectivity index (χ2n) is 3.93. The van der Waals surface area contributed by atoms with Gasteiger partial charge in [-0.15, -0.1) is 0 Å². The van der Waals surface area contributed by atoms with Gasteiger partial charge in [0.15, 0.2) is 0 Å². The van der Waals surface area contributed by atoms with Crippen LogP contribution in [0.2, 0.25) is 0 Å².